The third-order valence-electron chi connectivity index (χ3n) is 3.02. The molecule has 0 aromatic carbocycles. The standard InChI is InChI=1S/C13H21NOS/c1-8(2)10-11(13(3,4)5)16-12(15)14(10)9-6-7-9/h8-9H,6-7H2,1-5H3. The predicted octanol–water partition coefficient (Wildman–Crippen LogP) is 3.67. The third-order valence-corrected chi connectivity index (χ3v) is 4.42. The van der Waals surface area contributed by atoms with E-state index in [1.807, 2.05) is 0 Å². The second-order valence-corrected chi connectivity index (χ2v) is 7.05. The molecule has 2 nitrogen and oxygen atoms in total. The average molecular weight is 239 g/mol. The highest BCUT2D eigenvalue weighted by atomic mass is 32.1. The third kappa shape index (κ3) is 1.97. The fourth-order valence-electron chi connectivity index (χ4n) is 2.15. The lowest BCUT2D eigenvalue weighted by Gasteiger charge is -2.21. The van der Waals surface area contributed by atoms with Crippen LogP contribution in [0.1, 0.15) is 70.0 Å². The van der Waals surface area contributed by atoms with Crippen LogP contribution in [-0.4, -0.2) is 4.57 Å². The van der Waals surface area contributed by atoms with Gasteiger partial charge in [0.25, 0.3) is 0 Å². The van der Waals surface area contributed by atoms with Gasteiger partial charge in [0, 0.05) is 16.6 Å². The molecule has 0 atom stereocenters. The van der Waals surface area contributed by atoms with Gasteiger partial charge in [-0.05, 0) is 24.2 Å². The van der Waals surface area contributed by atoms with Crippen molar-refractivity contribution < 1.29 is 0 Å². The van der Waals surface area contributed by atoms with E-state index < -0.39 is 0 Å². The van der Waals surface area contributed by atoms with E-state index >= 15 is 0 Å². The fraction of sp³-hybridized carbons (Fsp3) is 0.769. The van der Waals surface area contributed by atoms with E-state index in [0.717, 1.165) is 0 Å². The summed E-state index contributed by atoms with van der Waals surface area (Å²) in [7, 11) is 0. The van der Waals surface area contributed by atoms with Crippen LogP contribution in [0.2, 0.25) is 0 Å². The molecule has 1 aliphatic carbocycles. The zero-order chi connectivity index (χ0) is 12.1. The van der Waals surface area contributed by atoms with Gasteiger partial charge in [-0.15, -0.1) is 0 Å². The van der Waals surface area contributed by atoms with Crippen molar-refractivity contribution in [1.29, 1.82) is 0 Å². The van der Waals surface area contributed by atoms with Crippen LogP contribution in [0.15, 0.2) is 4.79 Å². The zero-order valence-electron chi connectivity index (χ0n) is 10.8. The van der Waals surface area contributed by atoms with E-state index in [1.54, 1.807) is 0 Å². The molecule has 1 aromatic rings. The lowest BCUT2D eigenvalue weighted by molar-refractivity contribution is 0.563. The molecule has 1 saturated carbocycles. The molecule has 0 N–H and O–H groups in total. The lowest BCUT2D eigenvalue weighted by atomic mass is 9.90. The topological polar surface area (TPSA) is 22.0 Å². The summed E-state index contributed by atoms with van der Waals surface area (Å²) in [5.74, 6) is 0.439. The number of nitrogens with zero attached hydrogens (tertiary/aromatic N) is 1. The van der Waals surface area contributed by atoms with Gasteiger partial charge in [-0.3, -0.25) is 9.36 Å². The number of thiazole rings is 1. The Kier molecular flexibility index (Phi) is 2.77. The Morgan fingerprint density at radius 2 is 1.88 bits per heavy atom. The normalized spacial score (nSPS) is 17.1. The van der Waals surface area contributed by atoms with Crippen molar-refractivity contribution in [3.8, 4) is 0 Å². The predicted molar refractivity (Wildman–Crippen MR) is 69.6 cm³/mol. The Bertz CT molecular complexity index is 443. The maximum Gasteiger partial charge on any atom is 0.307 e. The first-order valence-corrected chi connectivity index (χ1v) is 6.89. The Hall–Kier alpha value is -0.570. The van der Waals surface area contributed by atoms with Crippen LogP contribution in [0.25, 0.3) is 0 Å². The van der Waals surface area contributed by atoms with Gasteiger partial charge in [0.15, 0.2) is 0 Å². The number of hydrogen-bond donors (Lipinski definition) is 0. The molecule has 16 heavy (non-hydrogen) atoms. The van der Waals surface area contributed by atoms with Gasteiger partial charge >= 0.3 is 4.87 Å². The molecule has 90 valence electrons. The van der Waals surface area contributed by atoms with E-state index in [2.05, 4.69) is 39.2 Å². The Labute approximate surface area is 101 Å². The zero-order valence-corrected chi connectivity index (χ0v) is 11.6. The highest BCUT2D eigenvalue weighted by Gasteiger charge is 2.33. The molecule has 0 saturated heterocycles. The minimum atomic E-state index is 0.0869. The molecular formula is C13H21NOS. The lowest BCUT2D eigenvalue weighted by Crippen LogP contribution is -2.18. The van der Waals surface area contributed by atoms with Crippen LogP contribution in [-0.2, 0) is 5.41 Å². The number of rotatable bonds is 2. The van der Waals surface area contributed by atoms with Crippen molar-refractivity contribution in [3.63, 3.8) is 0 Å². The van der Waals surface area contributed by atoms with Gasteiger partial charge in [-0.25, -0.2) is 0 Å². The molecule has 0 unspecified atom stereocenters. The molecule has 0 spiro atoms. The van der Waals surface area contributed by atoms with Crippen LogP contribution in [0.3, 0.4) is 0 Å². The molecule has 1 fully saturated rings. The highest BCUT2D eigenvalue weighted by molar-refractivity contribution is 7.09. The summed E-state index contributed by atoms with van der Waals surface area (Å²) < 4.78 is 2.07. The SMILES string of the molecule is CC(C)c1c(C(C)(C)C)sc(=O)n1C1CC1. The van der Waals surface area contributed by atoms with E-state index in [4.69, 9.17) is 0 Å². The second-order valence-electron chi connectivity index (χ2n) is 6.09. The minimum Gasteiger partial charge on any atom is -0.299 e. The second kappa shape index (κ2) is 3.73. The summed E-state index contributed by atoms with van der Waals surface area (Å²) in [6.45, 7) is 11.0. The van der Waals surface area contributed by atoms with Gasteiger partial charge < -0.3 is 0 Å². The van der Waals surface area contributed by atoms with Crippen molar-refractivity contribution >= 4 is 11.3 Å². The van der Waals surface area contributed by atoms with Crippen LogP contribution in [0, 0.1) is 0 Å². The number of hydrogen-bond acceptors (Lipinski definition) is 2. The Morgan fingerprint density at radius 3 is 2.25 bits per heavy atom. The summed E-state index contributed by atoms with van der Waals surface area (Å²) in [4.78, 5) is 13.6. The maximum absolute atomic E-state index is 12.1. The molecule has 1 aromatic heterocycles. The van der Waals surface area contributed by atoms with E-state index in [1.165, 1.54) is 34.7 Å². The summed E-state index contributed by atoms with van der Waals surface area (Å²) in [6, 6.07) is 0.497. The minimum absolute atomic E-state index is 0.0869. The molecule has 2 rings (SSSR count). The van der Waals surface area contributed by atoms with Crippen LogP contribution in [0.4, 0.5) is 0 Å². The molecule has 1 heterocycles. The summed E-state index contributed by atoms with van der Waals surface area (Å²) in [5.41, 5.74) is 1.37. The molecule has 0 radical (unpaired) electrons. The summed E-state index contributed by atoms with van der Waals surface area (Å²) in [5, 5.41) is 0. The van der Waals surface area contributed by atoms with Crippen LogP contribution >= 0.6 is 11.3 Å². The van der Waals surface area contributed by atoms with Crippen molar-refractivity contribution in [1.82, 2.24) is 4.57 Å². The summed E-state index contributed by atoms with van der Waals surface area (Å²) in [6.07, 6.45) is 2.36. The Balaban J connectivity index is 2.62. The molecule has 0 aliphatic heterocycles. The van der Waals surface area contributed by atoms with Gasteiger partial charge in [0.1, 0.15) is 0 Å². The molecule has 3 heteroatoms. The fourth-order valence-corrected chi connectivity index (χ4v) is 3.42. The summed E-state index contributed by atoms with van der Waals surface area (Å²) >= 11 is 1.45. The molecule has 0 amide bonds. The van der Waals surface area contributed by atoms with Gasteiger partial charge in [0.05, 0.1) is 0 Å². The monoisotopic (exact) mass is 239 g/mol. The van der Waals surface area contributed by atoms with Crippen LogP contribution < -0.4 is 4.87 Å². The molecule has 1 aliphatic rings. The van der Waals surface area contributed by atoms with Gasteiger partial charge in [-0.2, -0.15) is 0 Å². The van der Waals surface area contributed by atoms with Crippen LogP contribution in [0.5, 0.6) is 0 Å². The maximum atomic E-state index is 12.1. The average Bonchev–Trinajstić information content (AvgIpc) is 2.87. The van der Waals surface area contributed by atoms with E-state index in [0.29, 0.717) is 12.0 Å². The molecular weight excluding hydrogens is 218 g/mol. The van der Waals surface area contributed by atoms with Crippen molar-refractivity contribution in [3.05, 3.63) is 20.2 Å². The van der Waals surface area contributed by atoms with Crippen molar-refractivity contribution in [2.24, 2.45) is 0 Å². The Morgan fingerprint density at radius 1 is 1.31 bits per heavy atom. The molecule has 0 bridgehead atoms. The first-order chi connectivity index (χ1) is 7.32. The van der Waals surface area contributed by atoms with E-state index in [-0.39, 0.29) is 10.3 Å². The van der Waals surface area contributed by atoms with Crippen molar-refractivity contribution in [2.75, 3.05) is 0 Å². The van der Waals surface area contributed by atoms with Crippen molar-refractivity contribution in [2.45, 2.75) is 64.8 Å². The number of aromatic nitrogens is 1. The largest absolute Gasteiger partial charge is 0.307 e. The van der Waals surface area contributed by atoms with Gasteiger partial charge in [-0.1, -0.05) is 46.0 Å². The van der Waals surface area contributed by atoms with Gasteiger partial charge in [0.2, 0.25) is 0 Å². The smallest absolute Gasteiger partial charge is 0.299 e. The first-order valence-electron chi connectivity index (χ1n) is 6.08. The first kappa shape index (κ1) is 11.9. The quantitative estimate of drug-likeness (QED) is 0.772. The highest BCUT2D eigenvalue weighted by Crippen LogP contribution is 2.41. The van der Waals surface area contributed by atoms with E-state index in [9.17, 15) is 4.79 Å².